The quantitative estimate of drug-likeness (QED) is 0.662. The molecule has 0 aromatic carbocycles. The van der Waals surface area contributed by atoms with Gasteiger partial charge in [0, 0.05) is 90.7 Å². The third-order valence-corrected chi connectivity index (χ3v) is 6.01. The van der Waals surface area contributed by atoms with Crippen LogP contribution < -0.4 is 0 Å². The average Bonchev–Trinajstić information content (AvgIpc) is 3.08. The molecule has 0 N–H and O–H groups in total. The molecule has 1 saturated heterocycles. The number of carbonyl (C=O) groups is 2. The van der Waals surface area contributed by atoms with E-state index in [-0.39, 0.29) is 12.0 Å². The van der Waals surface area contributed by atoms with Crippen molar-refractivity contribution in [1.82, 2.24) is 29.4 Å². The van der Waals surface area contributed by atoms with Gasteiger partial charge in [0.05, 0.1) is 0 Å². The molecule has 1 aromatic heterocycles. The summed E-state index contributed by atoms with van der Waals surface area (Å²) in [6.07, 6.45) is 1.71. The summed E-state index contributed by atoms with van der Waals surface area (Å²) in [5.74, 6) is -0.0174. The molecule has 2 aliphatic heterocycles. The van der Waals surface area contributed by atoms with Crippen molar-refractivity contribution in [3.63, 3.8) is 0 Å². The zero-order valence-electron chi connectivity index (χ0n) is 20.7. The van der Waals surface area contributed by atoms with E-state index in [1.54, 1.807) is 23.9 Å². The number of nitrogens with zero attached hydrogens (tertiary/aromatic N) is 6. The van der Waals surface area contributed by atoms with Crippen molar-refractivity contribution in [1.29, 1.82) is 0 Å². The van der Waals surface area contributed by atoms with E-state index in [2.05, 4.69) is 21.8 Å². The van der Waals surface area contributed by atoms with Crippen LogP contribution in [0.5, 0.6) is 0 Å². The molecule has 0 spiro atoms. The van der Waals surface area contributed by atoms with Gasteiger partial charge < -0.3 is 14.5 Å². The van der Waals surface area contributed by atoms with Crippen molar-refractivity contribution < 1.29 is 14.3 Å². The highest BCUT2D eigenvalue weighted by Crippen LogP contribution is 2.24. The second-order valence-corrected chi connectivity index (χ2v) is 10.0. The van der Waals surface area contributed by atoms with Crippen LogP contribution in [0.4, 0.5) is 4.79 Å². The van der Waals surface area contributed by atoms with Crippen molar-refractivity contribution >= 4 is 12.0 Å². The van der Waals surface area contributed by atoms with Crippen molar-refractivity contribution in [2.75, 3.05) is 59.9 Å². The van der Waals surface area contributed by atoms with Gasteiger partial charge in [0.25, 0.3) is 5.91 Å². The molecule has 3 rings (SSSR count). The van der Waals surface area contributed by atoms with Gasteiger partial charge >= 0.3 is 6.09 Å². The highest BCUT2D eigenvalue weighted by atomic mass is 16.6. The lowest BCUT2D eigenvalue weighted by Crippen LogP contribution is -2.51. The molecule has 0 unspecified atom stereocenters. The SMILES string of the molecule is CCCn1nc(C(=O)N(C)C)c2c1CCN(CCN1CCN(C(=O)OC(C)(C)C)CC1)C2. The molecule has 180 valence electrons. The Balaban J connectivity index is 1.54. The summed E-state index contributed by atoms with van der Waals surface area (Å²) in [4.78, 5) is 33.2. The molecule has 32 heavy (non-hydrogen) atoms. The highest BCUT2D eigenvalue weighted by molar-refractivity contribution is 5.93. The van der Waals surface area contributed by atoms with E-state index < -0.39 is 5.60 Å². The molecular weight excluding hydrogens is 408 g/mol. The minimum atomic E-state index is -0.459. The standard InChI is InChI=1S/C23H40N6O3/c1-7-9-29-19-8-10-27(17-18(19)20(24-29)21(30)25(5)6)12-11-26-13-15-28(16-14-26)22(31)32-23(2,3)4/h7-17H2,1-6H3. The normalized spacial score (nSPS) is 17.9. The lowest BCUT2D eigenvalue weighted by Gasteiger charge is -2.37. The number of ether oxygens (including phenoxy) is 1. The third kappa shape index (κ3) is 6.01. The first-order chi connectivity index (χ1) is 15.1. The Bertz CT molecular complexity index is 805. The molecular formula is C23H40N6O3. The van der Waals surface area contributed by atoms with E-state index in [1.165, 1.54) is 5.69 Å². The van der Waals surface area contributed by atoms with E-state index >= 15 is 0 Å². The molecule has 0 atom stereocenters. The third-order valence-electron chi connectivity index (χ3n) is 6.01. The van der Waals surface area contributed by atoms with E-state index in [0.29, 0.717) is 18.8 Å². The number of fused-ring (bicyclic) bond motifs is 1. The second-order valence-electron chi connectivity index (χ2n) is 10.0. The molecule has 3 heterocycles. The Kier molecular flexibility index (Phi) is 7.82. The first-order valence-electron chi connectivity index (χ1n) is 11.8. The Morgan fingerprint density at radius 2 is 1.66 bits per heavy atom. The number of piperazine rings is 1. The molecule has 0 bridgehead atoms. The molecule has 1 fully saturated rings. The molecule has 2 aliphatic rings. The Hall–Kier alpha value is -2.13. The minimum absolute atomic E-state index is 0.0174. The number of hydrogen-bond acceptors (Lipinski definition) is 6. The number of carbonyl (C=O) groups excluding carboxylic acids is 2. The van der Waals surface area contributed by atoms with Crippen molar-refractivity contribution in [2.24, 2.45) is 0 Å². The molecule has 0 aliphatic carbocycles. The molecule has 2 amide bonds. The van der Waals surface area contributed by atoms with Gasteiger partial charge in [-0.1, -0.05) is 6.92 Å². The summed E-state index contributed by atoms with van der Waals surface area (Å²) in [7, 11) is 3.57. The summed E-state index contributed by atoms with van der Waals surface area (Å²) in [6.45, 7) is 15.4. The highest BCUT2D eigenvalue weighted by Gasteiger charge is 2.30. The molecule has 9 heteroatoms. The van der Waals surface area contributed by atoms with Gasteiger partial charge in [-0.3, -0.25) is 19.3 Å². The predicted octanol–water partition coefficient (Wildman–Crippen LogP) is 1.91. The Morgan fingerprint density at radius 1 is 1.00 bits per heavy atom. The van der Waals surface area contributed by atoms with Crippen LogP contribution in [0.1, 0.15) is 55.9 Å². The molecule has 1 aromatic rings. The lowest BCUT2D eigenvalue weighted by molar-refractivity contribution is 0.0137. The van der Waals surface area contributed by atoms with Crippen molar-refractivity contribution in [3.8, 4) is 0 Å². The number of aromatic nitrogens is 2. The Morgan fingerprint density at radius 3 is 2.25 bits per heavy atom. The van der Waals surface area contributed by atoms with Gasteiger partial charge in [-0.05, 0) is 27.2 Å². The first-order valence-corrected chi connectivity index (χ1v) is 11.8. The fourth-order valence-electron chi connectivity index (χ4n) is 4.28. The van der Waals surface area contributed by atoms with Gasteiger partial charge in [-0.25, -0.2) is 4.79 Å². The van der Waals surface area contributed by atoms with Gasteiger partial charge in [-0.2, -0.15) is 5.10 Å². The summed E-state index contributed by atoms with van der Waals surface area (Å²) in [6, 6.07) is 0. The summed E-state index contributed by atoms with van der Waals surface area (Å²) >= 11 is 0. The summed E-state index contributed by atoms with van der Waals surface area (Å²) in [5.41, 5.74) is 2.46. The number of rotatable bonds is 6. The summed E-state index contributed by atoms with van der Waals surface area (Å²) in [5, 5.41) is 4.68. The number of hydrogen-bond donors (Lipinski definition) is 0. The van der Waals surface area contributed by atoms with Gasteiger partial charge in [-0.15, -0.1) is 0 Å². The Labute approximate surface area is 192 Å². The van der Waals surface area contributed by atoms with Crippen molar-refractivity contribution in [2.45, 2.75) is 59.2 Å². The molecule has 0 saturated carbocycles. The second kappa shape index (κ2) is 10.2. The minimum Gasteiger partial charge on any atom is -0.444 e. The fourth-order valence-corrected chi connectivity index (χ4v) is 4.28. The van der Waals surface area contributed by atoms with E-state index in [0.717, 1.165) is 64.2 Å². The van der Waals surface area contributed by atoms with Crippen LogP contribution in [0.3, 0.4) is 0 Å². The number of aryl methyl sites for hydroxylation is 1. The molecule has 9 nitrogen and oxygen atoms in total. The zero-order chi connectivity index (χ0) is 23.5. The fraction of sp³-hybridized carbons (Fsp3) is 0.783. The van der Waals surface area contributed by atoms with Gasteiger partial charge in [0.15, 0.2) is 5.69 Å². The largest absolute Gasteiger partial charge is 0.444 e. The monoisotopic (exact) mass is 448 g/mol. The lowest BCUT2D eigenvalue weighted by atomic mass is 10.0. The van der Waals surface area contributed by atoms with Gasteiger partial charge in [0.2, 0.25) is 0 Å². The first kappa shape index (κ1) is 24.5. The van der Waals surface area contributed by atoms with Crippen LogP contribution in [-0.4, -0.2) is 107 Å². The van der Waals surface area contributed by atoms with E-state index in [9.17, 15) is 9.59 Å². The topological polar surface area (TPSA) is 74.2 Å². The van der Waals surface area contributed by atoms with Crippen LogP contribution in [0, 0.1) is 0 Å². The molecule has 0 radical (unpaired) electrons. The van der Waals surface area contributed by atoms with Crippen LogP contribution in [-0.2, 0) is 24.2 Å². The van der Waals surface area contributed by atoms with Crippen LogP contribution in [0.25, 0.3) is 0 Å². The maximum atomic E-state index is 12.7. The smallest absolute Gasteiger partial charge is 0.410 e. The summed E-state index contributed by atoms with van der Waals surface area (Å²) < 4.78 is 7.53. The van der Waals surface area contributed by atoms with E-state index in [4.69, 9.17) is 4.74 Å². The maximum absolute atomic E-state index is 12.7. The van der Waals surface area contributed by atoms with Crippen LogP contribution in [0.2, 0.25) is 0 Å². The maximum Gasteiger partial charge on any atom is 0.410 e. The number of amides is 2. The van der Waals surface area contributed by atoms with Crippen LogP contribution >= 0.6 is 0 Å². The zero-order valence-corrected chi connectivity index (χ0v) is 20.7. The predicted molar refractivity (Wildman–Crippen MR) is 124 cm³/mol. The van der Waals surface area contributed by atoms with Crippen LogP contribution in [0.15, 0.2) is 0 Å². The average molecular weight is 449 g/mol. The van der Waals surface area contributed by atoms with E-state index in [1.807, 2.05) is 25.5 Å². The van der Waals surface area contributed by atoms with Gasteiger partial charge in [0.1, 0.15) is 5.60 Å². The van der Waals surface area contributed by atoms with Crippen molar-refractivity contribution in [3.05, 3.63) is 17.0 Å².